The molecule has 0 fully saturated rings. The van der Waals surface area contributed by atoms with Gasteiger partial charge in [-0.05, 0) is 6.92 Å². The molecule has 0 bridgehead atoms. The number of anilines is 1. The molecule has 19 heavy (non-hydrogen) atoms. The molecule has 2 aromatic rings. The zero-order valence-electron chi connectivity index (χ0n) is 10.4. The van der Waals surface area contributed by atoms with Crippen molar-refractivity contribution in [2.24, 2.45) is 0 Å². The predicted octanol–water partition coefficient (Wildman–Crippen LogP) is 1.32. The van der Waals surface area contributed by atoms with Gasteiger partial charge in [-0.3, -0.25) is 9.59 Å². The third-order valence-electron chi connectivity index (χ3n) is 2.30. The van der Waals surface area contributed by atoms with Crippen molar-refractivity contribution in [2.45, 2.75) is 19.9 Å². The number of hydrogen-bond donors (Lipinski definition) is 3. The second kappa shape index (κ2) is 5.61. The van der Waals surface area contributed by atoms with Crippen LogP contribution in [-0.4, -0.2) is 26.8 Å². The van der Waals surface area contributed by atoms with E-state index in [0.717, 1.165) is 0 Å². The molecule has 100 valence electrons. The SMILES string of the molecule is CC(=O)Nc1nc(C(=O)NC(C)c2ncc[nH]2)cs1. The standard InChI is InChI=1S/C11H13N5O2S/c1-6(9-12-3-4-13-9)14-10(18)8-5-19-11(16-8)15-7(2)17/h3-6H,1-2H3,(H,12,13)(H,14,18)(H,15,16,17). The largest absolute Gasteiger partial charge is 0.347 e. The summed E-state index contributed by atoms with van der Waals surface area (Å²) >= 11 is 1.20. The van der Waals surface area contributed by atoms with Crippen molar-refractivity contribution < 1.29 is 9.59 Å². The van der Waals surface area contributed by atoms with Crippen LogP contribution in [-0.2, 0) is 4.79 Å². The molecule has 2 amide bonds. The number of nitrogens with zero attached hydrogens (tertiary/aromatic N) is 2. The Morgan fingerprint density at radius 2 is 2.26 bits per heavy atom. The molecule has 0 aliphatic carbocycles. The van der Waals surface area contributed by atoms with Gasteiger partial charge in [0.25, 0.3) is 5.91 Å². The fraction of sp³-hybridized carbons (Fsp3) is 0.273. The molecule has 1 unspecified atom stereocenters. The summed E-state index contributed by atoms with van der Waals surface area (Å²) in [6.07, 6.45) is 3.31. The van der Waals surface area contributed by atoms with Gasteiger partial charge in [0.15, 0.2) is 5.13 Å². The number of rotatable bonds is 4. The maximum atomic E-state index is 11.9. The first-order valence-corrected chi connectivity index (χ1v) is 6.47. The van der Waals surface area contributed by atoms with Crippen molar-refractivity contribution in [3.63, 3.8) is 0 Å². The number of thiazole rings is 1. The van der Waals surface area contributed by atoms with Crippen LogP contribution in [0.4, 0.5) is 5.13 Å². The Morgan fingerprint density at radius 3 is 2.89 bits per heavy atom. The van der Waals surface area contributed by atoms with Gasteiger partial charge in [0, 0.05) is 24.7 Å². The van der Waals surface area contributed by atoms with Gasteiger partial charge in [0.05, 0.1) is 6.04 Å². The lowest BCUT2D eigenvalue weighted by Gasteiger charge is -2.09. The molecule has 8 heteroatoms. The summed E-state index contributed by atoms with van der Waals surface area (Å²) in [7, 11) is 0. The van der Waals surface area contributed by atoms with Crippen LogP contribution in [0.1, 0.15) is 36.2 Å². The first-order chi connectivity index (χ1) is 9.06. The molecule has 0 saturated carbocycles. The summed E-state index contributed by atoms with van der Waals surface area (Å²) in [5.41, 5.74) is 0.271. The third kappa shape index (κ3) is 3.38. The minimum absolute atomic E-state index is 0.217. The molecule has 2 heterocycles. The van der Waals surface area contributed by atoms with Gasteiger partial charge < -0.3 is 15.6 Å². The summed E-state index contributed by atoms with van der Waals surface area (Å²) in [5.74, 6) is 0.146. The first-order valence-electron chi connectivity index (χ1n) is 5.59. The number of H-pyrrole nitrogens is 1. The van der Waals surface area contributed by atoms with Crippen molar-refractivity contribution in [2.75, 3.05) is 5.32 Å². The lowest BCUT2D eigenvalue weighted by Crippen LogP contribution is -2.27. The second-order valence-corrected chi connectivity index (χ2v) is 4.75. The quantitative estimate of drug-likeness (QED) is 0.785. The Hall–Kier alpha value is -2.22. The molecule has 0 aliphatic heterocycles. The molecule has 0 spiro atoms. The number of carbonyl (C=O) groups excluding carboxylic acids is 2. The fourth-order valence-corrected chi connectivity index (χ4v) is 2.18. The van der Waals surface area contributed by atoms with E-state index in [-0.39, 0.29) is 23.6 Å². The molecule has 2 aromatic heterocycles. The van der Waals surface area contributed by atoms with E-state index in [2.05, 4.69) is 25.6 Å². The number of nitrogens with one attached hydrogen (secondary N) is 3. The number of amides is 2. The Labute approximate surface area is 113 Å². The van der Waals surface area contributed by atoms with E-state index in [9.17, 15) is 9.59 Å². The Morgan fingerprint density at radius 1 is 1.47 bits per heavy atom. The van der Waals surface area contributed by atoms with Gasteiger partial charge in [0.1, 0.15) is 11.5 Å². The highest BCUT2D eigenvalue weighted by Crippen LogP contribution is 2.16. The highest BCUT2D eigenvalue weighted by molar-refractivity contribution is 7.14. The van der Waals surface area contributed by atoms with Crippen LogP contribution in [0.5, 0.6) is 0 Å². The van der Waals surface area contributed by atoms with Crippen molar-refractivity contribution >= 4 is 28.3 Å². The zero-order valence-corrected chi connectivity index (χ0v) is 11.2. The first kappa shape index (κ1) is 13.2. The monoisotopic (exact) mass is 279 g/mol. The van der Waals surface area contributed by atoms with E-state index in [1.165, 1.54) is 18.3 Å². The molecular formula is C11H13N5O2S. The average Bonchev–Trinajstić information content (AvgIpc) is 2.97. The van der Waals surface area contributed by atoms with Crippen molar-refractivity contribution in [1.29, 1.82) is 0 Å². The summed E-state index contributed by atoms with van der Waals surface area (Å²) in [5, 5.41) is 7.29. The van der Waals surface area contributed by atoms with Crippen molar-refractivity contribution in [3.05, 3.63) is 29.3 Å². The van der Waals surface area contributed by atoms with E-state index < -0.39 is 0 Å². The number of carbonyl (C=O) groups is 2. The fourth-order valence-electron chi connectivity index (χ4n) is 1.44. The van der Waals surface area contributed by atoms with Crippen LogP contribution < -0.4 is 10.6 Å². The maximum Gasteiger partial charge on any atom is 0.271 e. The predicted molar refractivity (Wildman–Crippen MR) is 70.9 cm³/mol. The number of aromatic nitrogens is 3. The zero-order chi connectivity index (χ0) is 13.8. The molecule has 7 nitrogen and oxygen atoms in total. The third-order valence-corrected chi connectivity index (χ3v) is 3.05. The number of hydrogen-bond acceptors (Lipinski definition) is 5. The lowest BCUT2D eigenvalue weighted by molar-refractivity contribution is -0.114. The molecular weight excluding hydrogens is 266 g/mol. The van der Waals surface area contributed by atoms with E-state index >= 15 is 0 Å². The lowest BCUT2D eigenvalue weighted by atomic mass is 10.3. The van der Waals surface area contributed by atoms with Crippen LogP contribution in [0.15, 0.2) is 17.8 Å². The summed E-state index contributed by atoms with van der Waals surface area (Å²) in [6, 6.07) is -0.242. The minimum atomic E-state index is -0.309. The van der Waals surface area contributed by atoms with Gasteiger partial charge >= 0.3 is 0 Å². The Kier molecular flexibility index (Phi) is 3.91. The van der Waals surface area contributed by atoms with Gasteiger partial charge in [-0.1, -0.05) is 0 Å². The molecule has 3 N–H and O–H groups in total. The summed E-state index contributed by atoms with van der Waals surface area (Å²) in [4.78, 5) is 33.8. The number of aromatic amines is 1. The van der Waals surface area contributed by atoms with Crippen molar-refractivity contribution in [1.82, 2.24) is 20.3 Å². The van der Waals surface area contributed by atoms with Gasteiger partial charge in [-0.25, -0.2) is 9.97 Å². The van der Waals surface area contributed by atoms with Crippen LogP contribution >= 0.6 is 11.3 Å². The normalized spacial score (nSPS) is 11.9. The van der Waals surface area contributed by atoms with E-state index in [1.807, 2.05) is 6.92 Å². The molecule has 0 saturated heterocycles. The average molecular weight is 279 g/mol. The molecule has 1 atom stereocenters. The van der Waals surface area contributed by atoms with Crippen LogP contribution in [0, 0.1) is 0 Å². The second-order valence-electron chi connectivity index (χ2n) is 3.89. The molecule has 0 radical (unpaired) electrons. The van der Waals surface area contributed by atoms with Crippen molar-refractivity contribution in [3.8, 4) is 0 Å². The molecule has 0 aliphatic rings. The smallest absolute Gasteiger partial charge is 0.271 e. The topological polar surface area (TPSA) is 99.8 Å². The van der Waals surface area contributed by atoms with Gasteiger partial charge in [-0.2, -0.15) is 0 Å². The highest BCUT2D eigenvalue weighted by atomic mass is 32.1. The number of imidazole rings is 1. The van der Waals surface area contributed by atoms with E-state index in [0.29, 0.717) is 11.0 Å². The van der Waals surface area contributed by atoms with E-state index in [1.54, 1.807) is 17.8 Å². The molecule has 0 aromatic carbocycles. The Balaban J connectivity index is 2.00. The summed E-state index contributed by atoms with van der Waals surface area (Å²) < 4.78 is 0. The van der Waals surface area contributed by atoms with Crippen LogP contribution in [0.25, 0.3) is 0 Å². The Bertz CT molecular complexity index is 578. The minimum Gasteiger partial charge on any atom is -0.347 e. The van der Waals surface area contributed by atoms with Crippen LogP contribution in [0.3, 0.4) is 0 Å². The summed E-state index contributed by atoms with van der Waals surface area (Å²) in [6.45, 7) is 3.21. The van der Waals surface area contributed by atoms with Gasteiger partial charge in [0.2, 0.25) is 5.91 Å². The van der Waals surface area contributed by atoms with E-state index in [4.69, 9.17) is 0 Å². The maximum absolute atomic E-state index is 11.9. The molecule has 2 rings (SSSR count). The highest BCUT2D eigenvalue weighted by Gasteiger charge is 2.15. The van der Waals surface area contributed by atoms with Crippen LogP contribution in [0.2, 0.25) is 0 Å². The van der Waals surface area contributed by atoms with Gasteiger partial charge in [-0.15, -0.1) is 11.3 Å².